The maximum Gasteiger partial charge on any atom is 0.428 e. The molecule has 6 heteroatoms. The summed E-state index contributed by atoms with van der Waals surface area (Å²) in [4.78, 5) is 11.5. The van der Waals surface area contributed by atoms with Crippen molar-refractivity contribution in [3.05, 3.63) is 0 Å². The highest BCUT2D eigenvalue weighted by atomic mass is 127. The molecule has 0 saturated carbocycles. The molecule has 4 nitrogen and oxygen atoms in total. The number of hydrogen-bond donors (Lipinski definition) is 0. The van der Waals surface area contributed by atoms with E-state index in [1.807, 2.05) is 22.4 Å². The van der Waals surface area contributed by atoms with E-state index in [1.54, 1.807) is 20.7 Å². The van der Waals surface area contributed by atoms with E-state index in [-0.39, 0.29) is 29.4 Å². The van der Waals surface area contributed by atoms with E-state index in [2.05, 4.69) is 5.92 Å². The fourth-order valence-electron chi connectivity index (χ4n) is 1.75. The number of terminal acetylenes is 1. The van der Waals surface area contributed by atoms with E-state index >= 15 is 0 Å². The Hall–Kier alpha value is -0.255. The van der Waals surface area contributed by atoms with Crippen molar-refractivity contribution in [2.45, 2.75) is 51.5 Å². The quantitative estimate of drug-likeness (QED) is 0.444. The van der Waals surface area contributed by atoms with Gasteiger partial charge in [0.25, 0.3) is 5.97 Å². The minimum Gasteiger partial charge on any atom is -0.525 e. The molecule has 0 amide bonds. The van der Waals surface area contributed by atoms with Crippen molar-refractivity contribution in [3.8, 4) is 12.3 Å². The Balaban J connectivity index is 2.53. The predicted molar refractivity (Wildman–Crippen MR) is 73.6 cm³/mol. The molecule has 1 aliphatic rings. The SMILES string of the molecule is C#CC1CC(CC(=O)OB(C)I)OC(C)(C)O1. The molecule has 0 N–H and O–H groups in total. The number of rotatable bonds is 3. The zero-order chi connectivity index (χ0) is 13.1. The van der Waals surface area contributed by atoms with Gasteiger partial charge in [0.05, 0.1) is 12.5 Å². The third kappa shape index (κ3) is 5.28. The highest BCUT2D eigenvalue weighted by Crippen LogP contribution is 2.28. The van der Waals surface area contributed by atoms with Crippen molar-refractivity contribution in [1.82, 2.24) is 0 Å². The van der Waals surface area contributed by atoms with Crippen molar-refractivity contribution in [2.75, 3.05) is 0 Å². The lowest BCUT2D eigenvalue weighted by atomic mass is 10.0. The normalized spacial score (nSPS) is 27.0. The van der Waals surface area contributed by atoms with Crippen LogP contribution in [0.5, 0.6) is 0 Å². The fraction of sp³-hybridized carbons (Fsp3) is 0.727. The molecule has 0 aromatic heterocycles. The molecule has 0 spiro atoms. The number of carbonyl (C=O) groups excluding carboxylic acids is 1. The number of ether oxygens (including phenoxy) is 2. The van der Waals surface area contributed by atoms with Crippen LogP contribution in [0.1, 0.15) is 26.7 Å². The van der Waals surface area contributed by atoms with E-state index < -0.39 is 5.79 Å². The summed E-state index contributed by atoms with van der Waals surface area (Å²) < 4.78 is 16.1. The molecule has 0 radical (unpaired) electrons. The molecular formula is C11H16BIO4. The standard InChI is InChI=1S/C11H16BIO4/c1-5-8-6-9(16-11(2,3)15-8)7-10(14)17-12(4)13/h1,8-9H,6-7H2,2-4H3. The van der Waals surface area contributed by atoms with Crippen LogP contribution in [-0.4, -0.2) is 28.7 Å². The van der Waals surface area contributed by atoms with Gasteiger partial charge in [0, 0.05) is 6.42 Å². The zero-order valence-corrected chi connectivity index (χ0v) is 12.4. The van der Waals surface area contributed by atoms with Gasteiger partial charge in [0.2, 0.25) is 0 Å². The lowest BCUT2D eigenvalue weighted by Gasteiger charge is -2.38. The number of halogens is 1. The molecule has 2 unspecified atom stereocenters. The minimum atomic E-state index is -0.754. The average molecular weight is 350 g/mol. The number of carbonyl (C=O) groups is 1. The fourth-order valence-corrected chi connectivity index (χ4v) is 2.03. The van der Waals surface area contributed by atoms with Crippen LogP contribution in [0, 0.1) is 12.3 Å². The summed E-state index contributed by atoms with van der Waals surface area (Å²) in [5.74, 6) is 1.52. The third-order valence-corrected chi connectivity index (χ3v) is 2.48. The van der Waals surface area contributed by atoms with Gasteiger partial charge in [-0.1, -0.05) is 28.3 Å². The third-order valence-electron chi connectivity index (χ3n) is 2.23. The Morgan fingerprint density at radius 2 is 2.29 bits per heavy atom. The summed E-state index contributed by atoms with van der Waals surface area (Å²) in [5.41, 5.74) is 0. The first kappa shape index (κ1) is 14.8. The van der Waals surface area contributed by atoms with Gasteiger partial charge in [-0.3, -0.25) is 4.79 Å². The first-order valence-corrected chi connectivity index (χ1v) is 6.72. The molecule has 17 heavy (non-hydrogen) atoms. The Bertz CT molecular complexity index is 324. The lowest BCUT2D eigenvalue weighted by molar-refractivity contribution is -0.288. The molecule has 0 aliphatic carbocycles. The second kappa shape index (κ2) is 6.07. The van der Waals surface area contributed by atoms with E-state index in [0.717, 1.165) is 0 Å². The van der Waals surface area contributed by atoms with Crippen molar-refractivity contribution in [1.29, 1.82) is 0 Å². The Morgan fingerprint density at radius 1 is 1.65 bits per heavy atom. The van der Waals surface area contributed by atoms with E-state index in [9.17, 15) is 4.79 Å². The van der Waals surface area contributed by atoms with Gasteiger partial charge in [-0.2, -0.15) is 0 Å². The molecule has 0 aromatic rings. The summed E-state index contributed by atoms with van der Waals surface area (Å²) in [6.07, 6.45) is 5.52. The summed E-state index contributed by atoms with van der Waals surface area (Å²) in [6.45, 7) is 5.38. The van der Waals surface area contributed by atoms with Crippen LogP contribution in [0.15, 0.2) is 0 Å². The van der Waals surface area contributed by atoms with E-state index in [1.165, 1.54) is 0 Å². The molecule has 94 valence electrons. The van der Waals surface area contributed by atoms with Crippen LogP contribution in [-0.2, 0) is 18.9 Å². The Labute approximate surface area is 116 Å². The summed E-state index contributed by atoms with van der Waals surface area (Å²) >= 11 is 2.03. The van der Waals surface area contributed by atoms with Crippen LogP contribution in [0.3, 0.4) is 0 Å². The average Bonchev–Trinajstić information content (AvgIpc) is 2.13. The Morgan fingerprint density at radius 3 is 2.82 bits per heavy atom. The second-order valence-electron chi connectivity index (χ2n) is 4.39. The van der Waals surface area contributed by atoms with Crippen LogP contribution < -0.4 is 0 Å². The van der Waals surface area contributed by atoms with Crippen LogP contribution >= 0.6 is 22.4 Å². The molecule has 1 fully saturated rings. The Kier molecular flexibility index (Phi) is 5.29. The largest absolute Gasteiger partial charge is 0.525 e. The summed E-state index contributed by atoms with van der Waals surface area (Å²) in [6, 6.07) is 0. The van der Waals surface area contributed by atoms with Crippen molar-refractivity contribution < 1.29 is 18.9 Å². The first-order chi connectivity index (χ1) is 7.82. The van der Waals surface area contributed by atoms with E-state index in [0.29, 0.717) is 6.42 Å². The van der Waals surface area contributed by atoms with Gasteiger partial charge < -0.3 is 14.1 Å². The first-order valence-electron chi connectivity index (χ1n) is 5.47. The molecule has 1 saturated heterocycles. The van der Waals surface area contributed by atoms with Gasteiger partial charge in [0.1, 0.15) is 6.10 Å². The van der Waals surface area contributed by atoms with E-state index in [4.69, 9.17) is 20.6 Å². The minimum absolute atomic E-state index is 0.142. The molecule has 1 heterocycles. The predicted octanol–water partition coefficient (Wildman–Crippen LogP) is 2.02. The van der Waals surface area contributed by atoms with Gasteiger partial charge in [-0.25, -0.2) is 0 Å². The van der Waals surface area contributed by atoms with Gasteiger partial charge in [-0.05, 0) is 20.7 Å². The highest BCUT2D eigenvalue weighted by molar-refractivity contribution is 14.1. The second-order valence-corrected chi connectivity index (χ2v) is 6.14. The number of hydrogen-bond acceptors (Lipinski definition) is 4. The summed E-state index contributed by atoms with van der Waals surface area (Å²) in [5, 5.41) is 0. The van der Waals surface area contributed by atoms with Crippen LogP contribution in [0.25, 0.3) is 0 Å². The maximum atomic E-state index is 11.5. The molecule has 2 atom stereocenters. The topological polar surface area (TPSA) is 44.8 Å². The molecule has 0 aromatic carbocycles. The molecule has 1 aliphatic heterocycles. The summed E-state index contributed by atoms with van der Waals surface area (Å²) in [7, 11) is 0. The van der Waals surface area contributed by atoms with Crippen molar-refractivity contribution >= 4 is 33.1 Å². The van der Waals surface area contributed by atoms with Gasteiger partial charge >= 0.3 is 4.77 Å². The highest BCUT2D eigenvalue weighted by Gasteiger charge is 2.36. The van der Waals surface area contributed by atoms with Crippen molar-refractivity contribution in [3.63, 3.8) is 0 Å². The lowest BCUT2D eigenvalue weighted by Crippen LogP contribution is -2.45. The zero-order valence-electron chi connectivity index (χ0n) is 10.2. The van der Waals surface area contributed by atoms with Crippen molar-refractivity contribution in [2.24, 2.45) is 0 Å². The van der Waals surface area contributed by atoms with Crippen LogP contribution in [0.4, 0.5) is 0 Å². The molecule has 1 rings (SSSR count). The monoisotopic (exact) mass is 350 g/mol. The molecule has 0 bridgehead atoms. The van der Waals surface area contributed by atoms with Gasteiger partial charge in [-0.15, -0.1) is 6.42 Å². The smallest absolute Gasteiger partial charge is 0.428 e. The molecular weight excluding hydrogens is 334 g/mol. The maximum absolute atomic E-state index is 11.5. The van der Waals surface area contributed by atoms with Crippen LogP contribution in [0.2, 0.25) is 6.82 Å². The van der Waals surface area contributed by atoms with Gasteiger partial charge in [0.15, 0.2) is 5.79 Å².